The van der Waals surface area contributed by atoms with Crippen LogP contribution in [0.4, 0.5) is 13.2 Å². The van der Waals surface area contributed by atoms with Crippen LogP contribution >= 0.6 is 0 Å². The third-order valence-electron chi connectivity index (χ3n) is 4.51. The average Bonchev–Trinajstić information content (AvgIpc) is 2.94. The Balaban J connectivity index is 1.96. The van der Waals surface area contributed by atoms with Crippen molar-refractivity contribution in [1.29, 1.82) is 0 Å². The van der Waals surface area contributed by atoms with E-state index in [0.717, 1.165) is 15.7 Å². The lowest BCUT2D eigenvalue weighted by Crippen LogP contribution is -2.28. The number of sulfonamides is 1. The number of benzene rings is 2. The SMILES string of the molecule is Cc1nn(-c2ccccc2)c(C)c1CN(C)S(=O)(=O)c1ccc(F)c(F)c1F. The third-order valence-corrected chi connectivity index (χ3v) is 6.33. The number of rotatable bonds is 5. The van der Waals surface area contributed by atoms with E-state index in [1.54, 1.807) is 18.5 Å². The molecule has 0 aliphatic carbocycles. The largest absolute Gasteiger partial charge is 0.246 e. The Labute approximate surface area is 161 Å². The molecule has 0 radical (unpaired) electrons. The van der Waals surface area contributed by atoms with Crippen LogP contribution in [0.25, 0.3) is 5.69 Å². The van der Waals surface area contributed by atoms with Gasteiger partial charge in [-0.05, 0) is 38.1 Å². The molecule has 0 fully saturated rings. The zero-order valence-corrected chi connectivity index (χ0v) is 16.3. The predicted molar refractivity (Wildman–Crippen MR) is 98.0 cm³/mol. The molecular weight excluding hydrogens is 391 g/mol. The fourth-order valence-electron chi connectivity index (χ4n) is 2.91. The summed E-state index contributed by atoms with van der Waals surface area (Å²) in [6, 6.07) is 10.6. The predicted octanol–water partition coefficient (Wildman–Crippen LogP) is 3.73. The molecule has 0 atom stereocenters. The van der Waals surface area contributed by atoms with E-state index < -0.39 is 32.4 Å². The first-order valence-electron chi connectivity index (χ1n) is 8.35. The van der Waals surface area contributed by atoms with E-state index in [-0.39, 0.29) is 6.54 Å². The smallest absolute Gasteiger partial charge is 0.238 e. The van der Waals surface area contributed by atoms with Gasteiger partial charge in [-0.3, -0.25) is 0 Å². The molecule has 9 heteroatoms. The van der Waals surface area contributed by atoms with Crippen LogP contribution in [0.1, 0.15) is 17.0 Å². The minimum absolute atomic E-state index is 0.106. The summed E-state index contributed by atoms with van der Waals surface area (Å²) in [7, 11) is -3.14. The van der Waals surface area contributed by atoms with Crippen molar-refractivity contribution in [1.82, 2.24) is 14.1 Å². The summed E-state index contributed by atoms with van der Waals surface area (Å²) in [5, 5.41) is 4.44. The van der Waals surface area contributed by atoms with Gasteiger partial charge >= 0.3 is 0 Å². The summed E-state index contributed by atoms with van der Waals surface area (Å²) in [6.07, 6.45) is 0. The Bertz CT molecular complexity index is 1130. The molecule has 0 unspecified atom stereocenters. The lowest BCUT2D eigenvalue weighted by atomic mass is 10.2. The van der Waals surface area contributed by atoms with Crippen molar-refractivity contribution < 1.29 is 21.6 Å². The van der Waals surface area contributed by atoms with Gasteiger partial charge in [0.1, 0.15) is 4.90 Å². The molecule has 1 heterocycles. The van der Waals surface area contributed by atoms with Gasteiger partial charge in [-0.1, -0.05) is 18.2 Å². The average molecular weight is 409 g/mol. The van der Waals surface area contributed by atoms with Crippen LogP contribution in [0.5, 0.6) is 0 Å². The summed E-state index contributed by atoms with van der Waals surface area (Å²) in [5.41, 5.74) is 2.77. The lowest BCUT2D eigenvalue weighted by Gasteiger charge is -2.18. The summed E-state index contributed by atoms with van der Waals surface area (Å²) in [6.45, 7) is 3.42. The number of aromatic nitrogens is 2. The van der Waals surface area contributed by atoms with Gasteiger partial charge in [0.2, 0.25) is 10.0 Å². The van der Waals surface area contributed by atoms with E-state index in [1.807, 2.05) is 30.3 Å². The van der Waals surface area contributed by atoms with E-state index in [4.69, 9.17) is 0 Å². The van der Waals surface area contributed by atoms with Crippen LogP contribution in [-0.2, 0) is 16.6 Å². The third kappa shape index (κ3) is 3.43. The van der Waals surface area contributed by atoms with E-state index in [9.17, 15) is 21.6 Å². The van der Waals surface area contributed by atoms with Crippen molar-refractivity contribution in [2.75, 3.05) is 7.05 Å². The summed E-state index contributed by atoms with van der Waals surface area (Å²) in [5.74, 6) is -5.01. The van der Waals surface area contributed by atoms with Crippen LogP contribution < -0.4 is 0 Å². The molecule has 5 nitrogen and oxygen atoms in total. The van der Waals surface area contributed by atoms with Gasteiger partial charge in [0.05, 0.1) is 11.4 Å². The van der Waals surface area contributed by atoms with Crippen LogP contribution in [-0.4, -0.2) is 29.6 Å². The summed E-state index contributed by atoms with van der Waals surface area (Å²) < 4.78 is 68.6. The maximum Gasteiger partial charge on any atom is 0.246 e. The molecule has 0 bridgehead atoms. The van der Waals surface area contributed by atoms with Crippen molar-refractivity contribution in [2.45, 2.75) is 25.3 Å². The molecule has 3 aromatic rings. The molecule has 0 saturated carbocycles. The van der Waals surface area contributed by atoms with Crippen molar-refractivity contribution in [3.63, 3.8) is 0 Å². The summed E-state index contributed by atoms with van der Waals surface area (Å²) in [4.78, 5) is -0.917. The van der Waals surface area contributed by atoms with E-state index >= 15 is 0 Å². The molecule has 148 valence electrons. The van der Waals surface area contributed by atoms with Gasteiger partial charge in [-0.25, -0.2) is 26.3 Å². The Morgan fingerprint density at radius 1 is 1.00 bits per heavy atom. The van der Waals surface area contributed by atoms with Crippen LogP contribution in [0, 0.1) is 31.3 Å². The van der Waals surface area contributed by atoms with Gasteiger partial charge < -0.3 is 0 Å². The minimum Gasteiger partial charge on any atom is -0.238 e. The first kappa shape index (κ1) is 20.1. The first-order valence-corrected chi connectivity index (χ1v) is 9.79. The zero-order chi connectivity index (χ0) is 20.6. The Morgan fingerprint density at radius 2 is 1.64 bits per heavy atom. The monoisotopic (exact) mass is 409 g/mol. The van der Waals surface area contributed by atoms with Crippen LogP contribution in [0.2, 0.25) is 0 Å². The number of hydrogen-bond acceptors (Lipinski definition) is 3. The van der Waals surface area contributed by atoms with Crippen LogP contribution in [0.15, 0.2) is 47.4 Å². The fourth-order valence-corrected chi connectivity index (χ4v) is 4.10. The van der Waals surface area contributed by atoms with Gasteiger partial charge in [0, 0.05) is 24.8 Å². The molecule has 28 heavy (non-hydrogen) atoms. The molecule has 0 aliphatic rings. The highest BCUT2D eigenvalue weighted by Gasteiger charge is 2.29. The van der Waals surface area contributed by atoms with Crippen molar-refractivity contribution in [2.24, 2.45) is 0 Å². The van der Waals surface area contributed by atoms with Gasteiger partial charge in [0.25, 0.3) is 0 Å². The molecule has 3 rings (SSSR count). The van der Waals surface area contributed by atoms with E-state index in [2.05, 4.69) is 5.10 Å². The molecule has 0 amide bonds. The molecule has 0 spiro atoms. The van der Waals surface area contributed by atoms with Crippen LogP contribution in [0.3, 0.4) is 0 Å². The molecular formula is C19H18F3N3O2S. The van der Waals surface area contributed by atoms with Crippen molar-refractivity contribution in [3.05, 3.63) is 76.9 Å². The van der Waals surface area contributed by atoms with Gasteiger partial charge in [0.15, 0.2) is 17.5 Å². The second-order valence-electron chi connectivity index (χ2n) is 6.33. The molecule has 0 N–H and O–H groups in total. The van der Waals surface area contributed by atoms with Crippen molar-refractivity contribution >= 4 is 10.0 Å². The minimum atomic E-state index is -4.38. The lowest BCUT2D eigenvalue weighted by molar-refractivity contribution is 0.421. The maximum atomic E-state index is 14.0. The molecule has 0 aliphatic heterocycles. The summed E-state index contributed by atoms with van der Waals surface area (Å²) >= 11 is 0. The van der Waals surface area contributed by atoms with Gasteiger partial charge in [-0.2, -0.15) is 9.40 Å². The van der Waals surface area contributed by atoms with Crippen molar-refractivity contribution in [3.8, 4) is 5.69 Å². The number of nitrogens with zero attached hydrogens (tertiary/aromatic N) is 3. The topological polar surface area (TPSA) is 55.2 Å². The highest BCUT2D eigenvalue weighted by Crippen LogP contribution is 2.25. The Kier molecular flexibility index (Phi) is 5.31. The number of halogens is 3. The van der Waals surface area contributed by atoms with E-state index in [1.165, 1.54) is 7.05 Å². The zero-order valence-electron chi connectivity index (χ0n) is 15.4. The Hall–Kier alpha value is -2.65. The second-order valence-corrected chi connectivity index (χ2v) is 8.34. The number of hydrogen-bond donors (Lipinski definition) is 0. The normalized spacial score (nSPS) is 12.0. The standard InChI is InChI=1S/C19H18F3N3O2S/c1-12-15(13(2)25(23-12)14-7-5-4-6-8-14)11-24(3)28(26,27)17-10-9-16(20)18(21)19(17)22/h4-10H,11H2,1-3H3. The molecule has 0 saturated heterocycles. The number of para-hydroxylation sites is 1. The van der Waals surface area contributed by atoms with Gasteiger partial charge in [-0.15, -0.1) is 0 Å². The fraction of sp³-hybridized carbons (Fsp3) is 0.211. The van der Waals surface area contributed by atoms with E-state index in [0.29, 0.717) is 23.4 Å². The molecule has 2 aromatic carbocycles. The highest BCUT2D eigenvalue weighted by molar-refractivity contribution is 7.89. The molecule has 1 aromatic heterocycles. The number of aryl methyl sites for hydroxylation is 1. The highest BCUT2D eigenvalue weighted by atomic mass is 32.2. The quantitative estimate of drug-likeness (QED) is 0.604. The maximum absolute atomic E-state index is 14.0. The second kappa shape index (κ2) is 7.40. The Morgan fingerprint density at radius 3 is 2.29 bits per heavy atom. The first-order chi connectivity index (χ1) is 13.1.